The van der Waals surface area contributed by atoms with Gasteiger partial charge in [0.05, 0.1) is 17.5 Å². The van der Waals surface area contributed by atoms with Gasteiger partial charge in [-0.3, -0.25) is 14.5 Å². The Labute approximate surface area is 123 Å². The molecule has 1 aromatic carbocycles. The number of nitrogens with zero attached hydrogens (tertiary/aromatic N) is 1. The van der Waals surface area contributed by atoms with Gasteiger partial charge < -0.3 is 0 Å². The number of allylic oxidation sites excluding steroid dienone is 3. The second-order valence-corrected chi connectivity index (χ2v) is 6.31. The summed E-state index contributed by atoms with van der Waals surface area (Å²) in [6.45, 7) is 6.06. The Bertz CT molecular complexity index is 644. The number of carbonyl (C=O) groups excluding carboxylic acids is 2. The molecule has 2 aliphatic carbocycles. The zero-order chi connectivity index (χ0) is 14.7. The Morgan fingerprint density at radius 2 is 1.52 bits per heavy atom. The second kappa shape index (κ2) is 4.17. The number of anilines is 1. The van der Waals surface area contributed by atoms with Crippen molar-refractivity contribution in [1.29, 1.82) is 0 Å². The minimum atomic E-state index is -0.200. The van der Waals surface area contributed by atoms with E-state index in [0.29, 0.717) is 5.69 Å². The summed E-state index contributed by atoms with van der Waals surface area (Å²) in [4.78, 5) is 27.0. The Morgan fingerprint density at radius 3 is 2.00 bits per heavy atom. The fourth-order valence-corrected chi connectivity index (χ4v) is 4.45. The van der Waals surface area contributed by atoms with Gasteiger partial charge in [-0.25, -0.2) is 0 Å². The minimum Gasteiger partial charge on any atom is -0.274 e. The highest BCUT2D eigenvalue weighted by atomic mass is 16.2. The van der Waals surface area contributed by atoms with E-state index in [1.165, 1.54) is 4.90 Å². The topological polar surface area (TPSA) is 37.4 Å². The number of para-hydroxylation sites is 1. The summed E-state index contributed by atoms with van der Waals surface area (Å²) < 4.78 is 0. The minimum absolute atomic E-state index is 0.0423. The SMILES string of the molecule is C=C(C)C1[C@H]2C=C[C@@H]1[C@@H]1C(=O)N(c3ccccc3)C(=O)[C@@H]12. The summed E-state index contributed by atoms with van der Waals surface area (Å²) >= 11 is 0. The van der Waals surface area contributed by atoms with E-state index in [2.05, 4.69) is 18.7 Å². The Kier molecular flexibility index (Phi) is 2.49. The molecular weight excluding hydrogens is 262 g/mol. The lowest BCUT2D eigenvalue weighted by Crippen LogP contribution is -2.34. The molecule has 0 radical (unpaired) electrons. The van der Waals surface area contributed by atoms with Gasteiger partial charge in [0.25, 0.3) is 0 Å². The number of fused-ring (bicyclic) bond motifs is 5. The van der Waals surface area contributed by atoms with Gasteiger partial charge in [0.15, 0.2) is 0 Å². The van der Waals surface area contributed by atoms with Gasteiger partial charge in [-0.15, -0.1) is 0 Å². The van der Waals surface area contributed by atoms with E-state index in [1.54, 1.807) is 0 Å². The Morgan fingerprint density at radius 1 is 1.00 bits per heavy atom. The first kappa shape index (κ1) is 12.6. The van der Waals surface area contributed by atoms with Crippen LogP contribution in [0, 0.1) is 29.6 Å². The molecule has 0 spiro atoms. The van der Waals surface area contributed by atoms with Crippen LogP contribution in [0.4, 0.5) is 5.69 Å². The third-order valence-electron chi connectivity index (χ3n) is 5.20. The average Bonchev–Trinajstić information content (AvgIpc) is 3.10. The summed E-state index contributed by atoms with van der Waals surface area (Å²) in [6, 6.07) is 9.24. The van der Waals surface area contributed by atoms with E-state index in [4.69, 9.17) is 0 Å². The van der Waals surface area contributed by atoms with Crippen LogP contribution in [0.1, 0.15) is 6.92 Å². The lowest BCUT2D eigenvalue weighted by molar-refractivity contribution is -0.123. The monoisotopic (exact) mass is 279 g/mol. The van der Waals surface area contributed by atoms with Crippen LogP contribution < -0.4 is 4.90 Å². The van der Waals surface area contributed by atoms with Gasteiger partial charge in [0.1, 0.15) is 0 Å². The van der Waals surface area contributed by atoms with Crippen LogP contribution in [-0.4, -0.2) is 11.8 Å². The molecule has 2 fully saturated rings. The molecule has 2 bridgehead atoms. The van der Waals surface area contributed by atoms with Gasteiger partial charge in [0.2, 0.25) is 11.8 Å². The van der Waals surface area contributed by atoms with Crippen LogP contribution in [0.5, 0.6) is 0 Å². The summed E-state index contributed by atoms with van der Waals surface area (Å²) in [5.41, 5.74) is 1.77. The quantitative estimate of drug-likeness (QED) is 0.616. The summed E-state index contributed by atoms with van der Waals surface area (Å²) in [5, 5.41) is 0. The van der Waals surface area contributed by atoms with E-state index in [1.807, 2.05) is 37.3 Å². The highest BCUT2D eigenvalue weighted by Crippen LogP contribution is 2.58. The lowest BCUT2D eigenvalue weighted by Gasteiger charge is -2.22. The van der Waals surface area contributed by atoms with E-state index in [9.17, 15) is 9.59 Å². The first-order valence-corrected chi connectivity index (χ1v) is 7.38. The van der Waals surface area contributed by atoms with Crippen LogP contribution in [0.15, 0.2) is 54.6 Å². The van der Waals surface area contributed by atoms with Crippen molar-refractivity contribution in [3.63, 3.8) is 0 Å². The van der Waals surface area contributed by atoms with Gasteiger partial charge in [-0.05, 0) is 36.8 Å². The lowest BCUT2D eigenvalue weighted by atomic mass is 9.85. The number of imide groups is 1. The maximum Gasteiger partial charge on any atom is 0.238 e. The fourth-order valence-electron chi connectivity index (χ4n) is 4.45. The van der Waals surface area contributed by atoms with Crippen molar-refractivity contribution in [3.05, 3.63) is 54.6 Å². The smallest absolute Gasteiger partial charge is 0.238 e. The molecule has 4 rings (SSSR count). The third-order valence-corrected chi connectivity index (χ3v) is 5.20. The van der Waals surface area contributed by atoms with Gasteiger partial charge in [-0.1, -0.05) is 42.5 Å². The molecule has 1 saturated carbocycles. The Balaban J connectivity index is 1.75. The molecule has 1 aliphatic heterocycles. The van der Waals surface area contributed by atoms with Gasteiger partial charge >= 0.3 is 0 Å². The summed E-state index contributed by atoms with van der Waals surface area (Å²) in [6.07, 6.45) is 4.23. The zero-order valence-electron chi connectivity index (χ0n) is 11.9. The van der Waals surface area contributed by atoms with E-state index < -0.39 is 0 Å². The number of benzene rings is 1. The van der Waals surface area contributed by atoms with Crippen molar-refractivity contribution < 1.29 is 9.59 Å². The standard InChI is InChI=1S/C18H17NO2/c1-10(2)14-12-8-9-13(14)16-15(12)17(20)19(18(16)21)11-6-4-3-5-7-11/h3-9,12-16H,1H2,2H3/t12-,13+,14?,15-,16+. The molecule has 3 nitrogen and oxygen atoms in total. The van der Waals surface area contributed by atoms with Crippen LogP contribution in [-0.2, 0) is 9.59 Å². The second-order valence-electron chi connectivity index (χ2n) is 6.31. The molecule has 0 N–H and O–H groups in total. The zero-order valence-corrected chi connectivity index (χ0v) is 11.9. The van der Waals surface area contributed by atoms with Gasteiger partial charge in [0, 0.05) is 0 Å². The number of rotatable bonds is 2. The van der Waals surface area contributed by atoms with Crippen molar-refractivity contribution in [1.82, 2.24) is 0 Å². The maximum absolute atomic E-state index is 12.8. The number of amides is 2. The fraction of sp³-hybridized carbons (Fsp3) is 0.333. The van der Waals surface area contributed by atoms with Crippen LogP contribution in [0.3, 0.4) is 0 Å². The van der Waals surface area contributed by atoms with Gasteiger partial charge in [-0.2, -0.15) is 0 Å². The van der Waals surface area contributed by atoms with Crippen molar-refractivity contribution in [2.75, 3.05) is 4.90 Å². The molecule has 106 valence electrons. The molecule has 1 aromatic rings. The van der Waals surface area contributed by atoms with Crippen molar-refractivity contribution in [2.45, 2.75) is 6.92 Å². The molecule has 3 heteroatoms. The largest absolute Gasteiger partial charge is 0.274 e. The predicted molar refractivity (Wildman–Crippen MR) is 80.3 cm³/mol. The first-order chi connectivity index (χ1) is 10.1. The van der Waals surface area contributed by atoms with E-state index >= 15 is 0 Å². The van der Waals surface area contributed by atoms with Crippen molar-refractivity contribution in [2.24, 2.45) is 29.6 Å². The number of hydrogen-bond donors (Lipinski definition) is 0. The van der Waals surface area contributed by atoms with E-state index in [-0.39, 0.29) is 41.4 Å². The highest BCUT2D eigenvalue weighted by Gasteiger charge is 2.63. The molecule has 1 heterocycles. The van der Waals surface area contributed by atoms with Crippen molar-refractivity contribution >= 4 is 17.5 Å². The Hall–Kier alpha value is -2.16. The summed E-state index contributed by atoms with van der Waals surface area (Å²) in [5.74, 6) is 0.0542. The molecule has 5 atom stereocenters. The summed E-state index contributed by atoms with van der Waals surface area (Å²) in [7, 11) is 0. The van der Waals surface area contributed by atoms with Crippen molar-refractivity contribution in [3.8, 4) is 0 Å². The van der Waals surface area contributed by atoms with Crippen LogP contribution in [0.25, 0.3) is 0 Å². The molecule has 1 saturated heterocycles. The third kappa shape index (κ3) is 1.49. The number of hydrogen-bond acceptors (Lipinski definition) is 2. The number of carbonyl (C=O) groups is 2. The molecule has 2 amide bonds. The maximum atomic E-state index is 12.8. The predicted octanol–water partition coefficient (Wildman–Crippen LogP) is 2.80. The average molecular weight is 279 g/mol. The first-order valence-electron chi connectivity index (χ1n) is 7.38. The van der Waals surface area contributed by atoms with E-state index in [0.717, 1.165) is 5.57 Å². The van der Waals surface area contributed by atoms with Crippen LogP contribution in [0.2, 0.25) is 0 Å². The molecule has 21 heavy (non-hydrogen) atoms. The molecular formula is C18H17NO2. The normalized spacial score (nSPS) is 36.4. The molecule has 0 aromatic heterocycles. The molecule has 3 aliphatic rings. The molecule has 1 unspecified atom stereocenters. The highest BCUT2D eigenvalue weighted by molar-refractivity contribution is 6.22. The van der Waals surface area contributed by atoms with Crippen LogP contribution >= 0.6 is 0 Å².